The fraction of sp³-hybridized carbons (Fsp3) is 0.400. The van der Waals surface area contributed by atoms with Gasteiger partial charge in [-0.15, -0.1) is 10.2 Å². The largest absolute Gasteiger partial charge is 0.357 e. The summed E-state index contributed by atoms with van der Waals surface area (Å²) in [6.07, 6.45) is 0. The van der Waals surface area contributed by atoms with Gasteiger partial charge in [0.2, 0.25) is 0 Å². The number of halogens is 1. The van der Waals surface area contributed by atoms with Gasteiger partial charge in [-0.25, -0.2) is 9.38 Å². The second kappa shape index (κ2) is 7.53. The van der Waals surface area contributed by atoms with E-state index in [0.717, 1.165) is 18.2 Å². The molecule has 0 spiro atoms. The van der Waals surface area contributed by atoms with Crippen molar-refractivity contribution in [3.8, 4) is 0 Å². The number of guanidine groups is 1. The van der Waals surface area contributed by atoms with Gasteiger partial charge in [0.1, 0.15) is 11.6 Å². The van der Waals surface area contributed by atoms with Crippen LogP contribution in [0, 0.1) is 12.7 Å². The molecule has 7 heteroatoms. The average Bonchev–Trinajstić information content (AvgIpc) is 2.83. The summed E-state index contributed by atoms with van der Waals surface area (Å²) in [7, 11) is 1.91. The van der Waals surface area contributed by atoms with Crippen molar-refractivity contribution in [2.24, 2.45) is 12.0 Å². The van der Waals surface area contributed by atoms with Crippen LogP contribution in [-0.2, 0) is 20.1 Å². The highest BCUT2D eigenvalue weighted by Crippen LogP contribution is 2.07. The van der Waals surface area contributed by atoms with E-state index in [-0.39, 0.29) is 12.4 Å². The molecule has 0 aliphatic carbocycles. The minimum atomic E-state index is -0.244. The van der Waals surface area contributed by atoms with E-state index in [9.17, 15) is 4.39 Å². The van der Waals surface area contributed by atoms with Crippen LogP contribution in [0.3, 0.4) is 0 Å². The maximum absolute atomic E-state index is 13.6. The fourth-order valence-electron chi connectivity index (χ4n) is 1.90. The van der Waals surface area contributed by atoms with Crippen molar-refractivity contribution in [2.45, 2.75) is 26.9 Å². The Kier molecular flexibility index (Phi) is 5.46. The molecule has 0 atom stereocenters. The summed E-state index contributed by atoms with van der Waals surface area (Å²) in [5, 5.41) is 14.4. The van der Waals surface area contributed by atoms with Gasteiger partial charge in [0.05, 0.1) is 13.1 Å². The van der Waals surface area contributed by atoms with Crippen LogP contribution in [0.25, 0.3) is 0 Å². The van der Waals surface area contributed by atoms with Crippen LogP contribution < -0.4 is 10.6 Å². The summed E-state index contributed by atoms with van der Waals surface area (Å²) < 4.78 is 15.5. The maximum Gasteiger partial charge on any atom is 0.191 e. The Hall–Kier alpha value is -2.44. The molecule has 1 heterocycles. The molecule has 2 rings (SSSR count). The van der Waals surface area contributed by atoms with Gasteiger partial charge in [-0.2, -0.15) is 0 Å². The number of aryl methyl sites for hydroxylation is 1. The second-order valence-corrected chi connectivity index (χ2v) is 4.86. The Morgan fingerprint density at radius 1 is 1.27 bits per heavy atom. The molecule has 1 aromatic heterocycles. The first-order chi connectivity index (χ1) is 10.6. The first-order valence-electron chi connectivity index (χ1n) is 7.22. The topological polar surface area (TPSA) is 67.1 Å². The van der Waals surface area contributed by atoms with E-state index in [2.05, 4.69) is 25.8 Å². The van der Waals surface area contributed by atoms with Crippen LogP contribution >= 0.6 is 0 Å². The number of hydrogen-bond donors (Lipinski definition) is 2. The van der Waals surface area contributed by atoms with E-state index in [4.69, 9.17) is 0 Å². The van der Waals surface area contributed by atoms with E-state index >= 15 is 0 Å². The molecule has 0 bridgehead atoms. The molecule has 1 aromatic carbocycles. The molecule has 118 valence electrons. The van der Waals surface area contributed by atoms with Gasteiger partial charge >= 0.3 is 0 Å². The summed E-state index contributed by atoms with van der Waals surface area (Å²) in [5.41, 5.74) is 0.564. The summed E-state index contributed by atoms with van der Waals surface area (Å²) in [5.74, 6) is 2.04. The third-order valence-electron chi connectivity index (χ3n) is 3.31. The van der Waals surface area contributed by atoms with Gasteiger partial charge in [0, 0.05) is 19.2 Å². The van der Waals surface area contributed by atoms with Crippen LogP contribution in [-0.4, -0.2) is 27.3 Å². The molecule has 0 aliphatic rings. The SMILES string of the molecule is CCNC(=NCc1ccccc1F)NCc1nnc(C)n1C. The molecule has 0 saturated heterocycles. The van der Waals surface area contributed by atoms with Crippen LogP contribution in [0.15, 0.2) is 29.3 Å². The monoisotopic (exact) mass is 304 g/mol. The van der Waals surface area contributed by atoms with Crippen molar-refractivity contribution in [1.82, 2.24) is 25.4 Å². The number of nitrogens with zero attached hydrogens (tertiary/aromatic N) is 4. The molecule has 0 saturated carbocycles. The van der Waals surface area contributed by atoms with E-state index in [0.29, 0.717) is 18.1 Å². The zero-order chi connectivity index (χ0) is 15.9. The Labute approximate surface area is 129 Å². The van der Waals surface area contributed by atoms with E-state index in [1.165, 1.54) is 6.07 Å². The van der Waals surface area contributed by atoms with Gasteiger partial charge in [-0.05, 0) is 19.9 Å². The third kappa shape index (κ3) is 4.03. The van der Waals surface area contributed by atoms with E-state index in [1.807, 2.05) is 25.5 Å². The maximum atomic E-state index is 13.6. The lowest BCUT2D eigenvalue weighted by Gasteiger charge is -2.11. The summed E-state index contributed by atoms with van der Waals surface area (Å²) >= 11 is 0. The van der Waals surface area contributed by atoms with Crippen molar-refractivity contribution < 1.29 is 4.39 Å². The van der Waals surface area contributed by atoms with Gasteiger partial charge < -0.3 is 15.2 Å². The molecule has 0 unspecified atom stereocenters. The highest BCUT2D eigenvalue weighted by molar-refractivity contribution is 5.79. The number of nitrogens with one attached hydrogen (secondary N) is 2. The fourth-order valence-corrected chi connectivity index (χ4v) is 1.90. The quantitative estimate of drug-likeness (QED) is 0.649. The minimum Gasteiger partial charge on any atom is -0.357 e. The zero-order valence-electron chi connectivity index (χ0n) is 13.1. The van der Waals surface area contributed by atoms with Gasteiger partial charge in [-0.1, -0.05) is 18.2 Å². The lowest BCUT2D eigenvalue weighted by atomic mass is 10.2. The molecule has 22 heavy (non-hydrogen) atoms. The van der Waals surface area contributed by atoms with Crippen LogP contribution in [0.2, 0.25) is 0 Å². The Morgan fingerprint density at radius 3 is 2.68 bits per heavy atom. The van der Waals surface area contributed by atoms with Crippen LogP contribution in [0.5, 0.6) is 0 Å². The minimum absolute atomic E-state index is 0.244. The molecule has 2 N–H and O–H groups in total. The molecule has 0 aliphatic heterocycles. The molecule has 0 amide bonds. The summed E-state index contributed by atoms with van der Waals surface area (Å²) in [6, 6.07) is 6.64. The van der Waals surface area contributed by atoms with Crippen LogP contribution in [0.4, 0.5) is 4.39 Å². The normalized spacial score (nSPS) is 11.5. The molecule has 6 nitrogen and oxygen atoms in total. The van der Waals surface area contributed by atoms with Gasteiger partial charge in [-0.3, -0.25) is 0 Å². The highest BCUT2D eigenvalue weighted by Gasteiger charge is 2.06. The smallest absolute Gasteiger partial charge is 0.191 e. The molecule has 0 fully saturated rings. The summed E-state index contributed by atoms with van der Waals surface area (Å²) in [6.45, 7) is 5.38. The van der Waals surface area contributed by atoms with Crippen LogP contribution in [0.1, 0.15) is 24.1 Å². The van der Waals surface area contributed by atoms with E-state index < -0.39 is 0 Å². The Bertz CT molecular complexity index is 649. The van der Waals surface area contributed by atoms with E-state index in [1.54, 1.807) is 18.2 Å². The molecular formula is C15H21FN6. The van der Waals surface area contributed by atoms with Gasteiger partial charge in [0.15, 0.2) is 11.8 Å². The molecule has 2 aromatic rings. The predicted octanol–water partition coefficient (Wildman–Crippen LogP) is 1.52. The van der Waals surface area contributed by atoms with Crippen molar-refractivity contribution in [3.05, 3.63) is 47.3 Å². The summed E-state index contributed by atoms with van der Waals surface area (Å²) in [4.78, 5) is 4.39. The third-order valence-corrected chi connectivity index (χ3v) is 3.31. The van der Waals surface area contributed by atoms with Crippen molar-refractivity contribution in [3.63, 3.8) is 0 Å². The van der Waals surface area contributed by atoms with Crippen molar-refractivity contribution in [2.75, 3.05) is 6.54 Å². The predicted molar refractivity (Wildman–Crippen MR) is 83.8 cm³/mol. The first-order valence-corrected chi connectivity index (χ1v) is 7.22. The molecule has 0 radical (unpaired) electrons. The Morgan fingerprint density at radius 2 is 2.05 bits per heavy atom. The van der Waals surface area contributed by atoms with Crippen molar-refractivity contribution >= 4 is 5.96 Å². The zero-order valence-corrected chi connectivity index (χ0v) is 13.1. The first kappa shape index (κ1) is 15.9. The molecular weight excluding hydrogens is 283 g/mol. The van der Waals surface area contributed by atoms with Crippen molar-refractivity contribution in [1.29, 1.82) is 0 Å². The Balaban J connectivity index is 2.01. The standard InChI is InChI=1S/C15H21FN6/c1-4-17-15(18-9-12-7-5-6-8-13(12)16)19-10-14-21-20-11(2)22(14)3/h5-8H,4,9-10H2,1-3H3,(H2,17,18,19). The number of aromatic nitrogens is 3. The number of benzene rings is 1. The average molecular weight is 304 g/mol. The lowest BCUT2D eigenvalue weighted by molar-refractivity contribution is 0.610. The number of hydrogen-bond acceptors (Lipinski definition) is 3. The second-order valence-electron chi connectivity index (χ2n) is 4.86. The highest BCUT2D eigenvalue weighted by atomic mass is 19.1. The number of aliphatic imine (C=N–C) groups is 1. The van der Waals surface area contributed by atoms with Gasteiger partial charge in [0.25, 0.3) is 0 Å². The number of rotatable bonds is 5. The lowest BCUT2D eigenvalue weighted by Crippen LogP contribution is -2.37.